The zero-order chi connectivity index (χ0) is 14.5. The van der Waals surface area contributed by atoms with Crippen molar-refractivity contribution in [2.75, 3.05) is 12.8 Å². The van der Waals surface area contributed by atoms with Crippen LogP contribution in [0.4, 0.5) is 5.69 Å². The number of halogens is 1. The third-order valence-corrected chi connectivity index (χ3v) is 4.10. The molecule has 2 rings (SSSR count). The van der Waals surface area contributed by atoms with Crippen molar-refractivity contribution in [3.63, 3.8) is 0 Å². The first-order valence-corrected chi connectivity index (χ1v) is 7.27. The number of aryl methyl sites for hydroxylation is 1. The number of anilines is 1. The molecule has 0 aliphatic rings. The van der Waals surface area contributed by atoms with Gasteiger partial charge in [-0.15, -0.1) is 0 Å². The Labute approximate surface area is 127 Å². The second-order valence-electron chi connectivity index (χ2n) is 4.45. The van der Waals surface area contributed by atoms with Crippen LogP contribution in [0.3, 0.4) is 0 Å². The molecule has 2 N–H and O–H groups in total. The molecule has 0 unspecified atom stereocenters. The summed E-state index contributed by atoms with van der Waals surface area (Å²) in [5.41, 5.74) is 8.79. The van der Waals surface area contributed by atoms with E-state index in [0.717, 1.165) is 28.0 Å². The second-order valence-corrected chi connectivity index (χ2v) is 5.24. The summed E-state index contributed by atoms with van der Waals surface area (Å²) in [6.07, 6.45) is 0.970. The average Bonchev–Trinajstić information content (AvgIpc) is 2.48. The fourth-order valence-corrected chi connectivity index (χ4v) is 2.30. The molecule has 20 heavy (non-hydrogen) atoms. The maximum atomic E-state index is 5.86. The third-order valence-electron chi connectivity index (χ3n) is 3.13. The van der Waals surface area contributed by atoms with E-state index >= 15 is 0 Å². The van der Waals surface area contributed by atoms with Gasteiger partial charge in [-0.25, -0.2) is 0 Å². The summed E-state index contributed by atoms with van der Waals surface area (Å²) in [5, 5.41) is 0. The number of hydrogen-bond donors (Lipinski definition) is 1. The van der Waals surface area contributed by atoms with E-state index in [2.05, 4.69) is 22.9 Å². The summed E-state index contributed by atoms with van der Waals surface area (Å²) >= 11 is 3.48. The van der Waals surface area contributed by atoms with Crippen LogP contribution >= 0.6 is 15.9 Å². The summed E-state index contributed by atoms with van der Waals surface area (Å²) in [4.78, 5) is 0. The molecule has 0 aliphatic carbocycles. The van der Waals surface area contributed by atoms with Gasteiger partial charge in [0.1, 0.15) is 6.61 Å². The molecule has 0 saturated carbocycles. The maximum Gasteiger partial charge on any atom is 0.161 e. The minimum Gasteiger partial charge on any atom is -0.493 e. The molecule has 0 heterocycles. The summed E-state index contributed by atoms with van der Waals surface area (Å²) in [6, 6.07) is 11.7. The normalized spacial score (nSPS) is 10.3. The van der Waals surface area contributed by atoms with Crippen molar-refractivity contribution in [1.29, 1.82) is 0 Å². The summed E-state index contributed by atoms with van der Waals surface area (Å²) in [7, 11) is 1.65. The van der Waals surface area contributed by atoms with E-state index in [4.69, 9.17) is 15.2 Å². The van der Waals surface area contributed by atoms with Crippen LogP contribution in [0.1, 0.15) is 18.1 Å². The Morgan fingerprint density at radius 1 is 1.15 bits per heavy atom. The van der Waals surface area contributed by atoms with Gasteiger partial charge in [0.15, 0.2) is 11.5 Å². The SMILES string of the molecule is CCc1ccc(OCc2cccc(N)c2Br)c(OC)c1. The number of nitrogens with two attached hydrogens (primary N) is 1. The lowest BCUT2D eigenvalue weighted by Crippen LogP contribution is -2.00. The van der Waals surface area contributed by atoms with Crippen LogP contribution < -0.4 is 15.2 Å². The highest BCUT2D eigenvalue weighted by Gasteiger charge is 2.08. The van der Waals surface area contributed by atoms with Crippen LogP contribution in [0, 0.1) is 0 Å². The molecule has 0 atom stereocenters. The number of benzene rings is 2. The lowest BCUT2D eigenvalue weighted by atomic mass is 10.1. The molecular weight excluding hydrogens is 318 g/mol. The molecular formula is C16H18BrNO2. The number of hydrogen-bond acceptors (Lipinski definition) is 3. The first-order chi connectivity index (χ1) is 9.65. The Kier molecular flexibility index (Phi) is 4.90. The van der Waals surface area contributed by atoms with Gasteiger partial charge in [0.05, 0.1) is 7.11 Å². The molecule has 106 valence electrons. The molecule has 0 spiro atoms. The minimum absolute atomic E-state index is 0.438. The zero-order valence-corrected chi connectivity index (χ0v) is 13.2. The molecule has 3 nitrogen and oxygen atoms in total. The topological polar surface area (TPSA) is 44.5 Å². The molecule has 0 aliphatic heterocycles. The standard InChI is InChI=1S/C16H18BrNO2/c1-3-11-7-8-14(15(9-11)19-2)20-10-12-5-4-6-13(18)16(12)17/h4-9H,3,10,18H2,1-2H3. The van der Waals surface area contributed by atoms with Gasteiger partial charge in [0.2, 0.25) is 0 Å². The van der Waals surface area contributed by atoms with Crippen molar-refractivity contribution >= 4 is 21.6 Å². The van der Waals surface area contributed by atoms with Crippen LogP contribution in [0.5, 0.6) is 11.5 Å². The molecule has 0 radical (unpaired) electrons. The van der Waals surface area contributed by atoms with E-state index < -0.39 is 0 Å². The van der Waals surface area contributed by atoms with E-state index in [0.29, 0.717) is 12.3 Å². The fourth-order valence-electron chi connectivity index (χ4n) is 1.92. The van der Waals surface area contributed by atoms with Crippen molar-refractivity contribution in [3.8, 4) is 11.5 Å². The fraction of sp³-hybridized carbons (Fsp3) is 0.250. The zero-order valence-electron chi connectivity index (χ0n) is 11.7. The molecule has 0 fully saturated rings. The van der Waals surface area contributed by atoms with E-state index in [-0.39, 0.29) is 0 Å². The smallest absolute Gasteiger partial charge is 0.161 e. The van der Waals surface area contributed by atoms with E-state index in [1.807, 2.05) is 36.4 Å². The molecule has 0 aromatic heterocycles. The lowest BCUT2D eigenvalue weighted by molar-refractivity contribution is 0.284. The van der Waals surface area contributed by atoms with Crippen LogP contribution in [-0.2, 0) is 13.0 Å². The highest BCUT2D eigenvalue weighted by Crippen LogP contribution is 2.30. The van der Waals surface area contributed by atoms with Crippen molar-refractivity contribution in [2.45, 2.75) is 20.0 Å². The van der Waals surface area contributed by atoms with Gasteiger partial charge in [-0.1, -0.05) is 25.1 Å². The molecule has 2 aromatic carbocycles. The van der Waals surface area contributed by atoms with Crippen molar-refractivity contribution in [3.05, 3.63) is 52.0 Å². The van der Waals surface area contributed by atoms with Crippen LogP contribution in [0.25, 0.3) is 0 Å². The Hall–Kier alpha value is -1.68. The second kappa shape index (κ2) is 6.66. The molecule has 2 aromatic rings. The third kappa shape index (κ3) is 3.25. The maximum absolute atomic E-state index is 5.86. The molecule has 0 bridgehead atoms. The summed E-state index contributed by atoms with van der Waals surface area (Å²) in [5.74, 6) is 1.49. The van der Waals surface area contributed by atoms with Gasteiger partial charge in [-0.3, -0.25) is 0 Å². The first-order valence-electron chi connectivity index (χ1n) is 6.48. The van der Waals surface area contributed by atoms with Gasteiger partial charge in [-0.2, -0.15) is 0 Å². The molecule has 0 amide bonds. The predicted octanol–water partition coefficient (Wildman–Crippen LogP) is 4.18. The first kappa shape index (κ1) is 14.7. The highest BCUT2D eigenvalue weighted by molar-refractivity contribution is 9.10. The van der Waals surface area contributed by atoms with Gasteiger partial charge in [-0.05, 0) is 46.1 Å². The van der Waals surface area contributed by atoms with E-state index in [1.165, 1.54) is 5.56 Å². The van der Waals surface area contributed by atoms with Crippen molar-refractivity contribution in [1.82, 2.24) is 0 Å². The number of rotatable bonds is 5. The quantitative estimate of drug-likeness (QED) is 0.833. The van der Waals surface area contributed by atoms with Crippen molar-refractivity contribution in [2.24, 2.45) is 0 Å². The van der Waals surface area contributed by atoms with Gasteiger partial charge < -0.3 is 15.2 Å². The molecule has 0 saturated heterocycles. The van der Waals surface area contributed by atoms with Crippen molar-refractivity contribution < 1.29 is 9.47 Å². The van der Waals surface area contributed by atoms with Gasteiger partial charge in [0, 0.05) is 15.7 Å². The Morgan fingerprint density at radius 2 is 1.95 bits per heavy atom. The number of ether oxygens (including phenoxy) is 2. The Balaban J connectivity index is 2.16. The lowest BCUT2D eigenvalue weighted by Gasteiger charge is -2.13. The van der Waals surface area contributed by atoms with Crippen LogP contribution in [0.2, 0.25) is 0 Å². The van der Waals surface area contributed by atoms with Gasteiger partial charge >= 0.3 is 0 Å². The minimum atomic E-state index is 0.438. The summed E-state index contributed by atoms with van der Waals surface area (Å²) < 4.78 is 12.1. The number of nitrogen functional groups attached to an aromatic ring is 1. The monoisotopic (exact) mass is 335 g/mol. The van der Waals surface area contributed by atoms with Crippen LogP contribution in [-0.4, -0.2) is 7.11 Å². The highest BCUT2D eigenvalue weighted by atomic mass is 79.9. The predicted molar refractivity (Wildman–Crippen MR) is 85.3 cm³/mol. The van der Waals surface area contributed by atoms with E-state index in [1.54, 1.807) is 7.11 Å². The van der Waals surface area contributed by atoms with E-state index in [9.17, 15) is 0 Å². The Morgan fingerprint density at radius 3 is 2.65 bits per heavy atom. The van der Waals surface area contributed by atoms with Gasteiger partial charge in [0.25, 0.3) is 0 Å². The Bertz CT molecular complexity index is 599. The number of methoxy groups -OCH3 is 1. The largest absolute Gasteiger partial charge is 0.493 e. The summed E-state index contributed by atoms with van der Waals surface area (Å²) in [6.45, 7) is 2.55. The van der Waals surface area contributed by atoms with Crippen LogP contribution in [0.15, 0.2) is 40.9 Å². The molecule has 4 heteroatoms. The average molecular weight is 336 g/mol.